The van der Waals surface area contributed by atoms with Crippen LogP contribution in [0.3, 0.4) is 0 Å². The lowest BCUT2D eigenvalue weighted by Crippen LogP contribution is -2.48. The minimum atomic E-state index is -0.739. The largest absolute Gasteiger partial charge is 0.496 e. The van der Waals surface area contributed by atoms with E-state index in [9.17, 15) is 9.90 Å². The summed E-state index contributed by atoms with van der Waals surface area (Å²) in [7, 11) is 1.60. The van der Waals surface area contributed by atoms with Crippen molar-refractivity contribution in [3.05, 3.63) is 29.3 Å². The molecule has 3 nitrogen and oxygen atoms in total. The zero-order chi connectivity index (χ0) is 14.0. The lowest BCUT2D eigenvalue weighted by molar-refractivity contribution is -0.150. The Morgan fingerprint density at radius 3 is 2.68 bits per heavy atom. The Hall–Kier alpha value is -1.51. The van der Waals surface area contributed by atoms with Gasteiger partial charge in [0, 0.05) is 5.56 Å². The van der Waals surface area contributed by atoms with E-state index in [1.807, 2.05) is 25.1 Å². The first kappa shape index (κ1) is 13.9. The van der Waals surface area contributed by atoms with Gasteiger partial charge in [0.1, 0.15) is 5.75 Å². The third-order valence-electron chi connectivity index (χ3n) is 4.25. The fourth-order valence-corrected chi connectivity index (χ4v) is 3.24. The molecule has 1 aliphatic rings. The van der Waals surface area contributed by atoms with E-state index in [0.717, 1.165) is 36.8 Å². The molecule has 1 saturated carbocycles. The Kier molecular flexibility index (Phi) is 3.83. The summed E-state index contributed by atoms with van der Waals surface area (Å²) in [5.41, 5.74) is 1.18. The lowest BCUT2D eigenvalue weighted by atomic mass is 9.57. The lowest BCUT2D eigenvalue weighted by Gasteiger charge is -2.45. The van der Waals surface area contributed by atoms with Crippen LogP contribution in [0, 0.1) is 12.8 Å². The number of benzene rings is 1. The molecule has 0 radical (unpaired) electrons. The molecule has 1 aliphatic carbocycles. The maximum absolute atomic E-state index is 11.8. The molecule has 19 heavy (non-hydrogen) atoms. The van der Waals surface area contributed by atoms with E-state index in [-0.39, 0.29) is 0 Å². The van der Waals surface area contributed by atoms with Crippen LogP contribution in [-0.2, 0) is 10.2 Å². The standard InChI is InChI=1S/C16H22O3/c1-4-5-12-9-16(10-12,15(17)18)13-8-11(2)6-7-14(13)19-3/h6-8,12H,4-5,9-10H2,1-3H3,(H,17,18). The number of carboxylic acid groups (broad SMARTS) is 1. The number of carboxylic acids is 1. The molecule has 0 heterocycles. The number of hydrogen-bond acceptors (Lipinski definition) is 2. The van der Waals surface area contributed by atoms with Crippen molar-refractivity contribution in [1.29, 1.82) is 0 Å². The molecule has 0 amide bonds. The molecule has 0 unspecified atom stereocenters. The van der Waals surface area contributed by atoms with Crippen molar-refractivity contribution in [1.82, 2.24) is 0 Å². The highest BCUT2D eigenvalue weighted by atomic mass is 16.5. The van der Waals surface area contributed by atoms with Gasteiger partial charge in [0.25, 0.3) is 0 Å². The van der Waals surface area contributed by atoms with Crippen molar-refractivity contribution in [3.8, 4) is 5.75 Å². The zero-order valence-electron chi connectivity index (χ0n) is 11.9. The molecular formula is C16H22O3. The van der Waals surface area contributed by atoms with Gasteiger partial charge in [-0.05, 0) is 31.7 Å². The second-order valence-corrected chi connectivity index (χ2v) is 5.65. The van der Waals surface area contributed by atoms with Crippen LogP contribution in [0.15, 0.2) is 18.2 Å². The molecule has 0 atom stereocenters. The molecule has 0 aromatic heterocycles. The first-order valence-electron chi connectivity index (χ1n) is 6.92. The molecule has 2 rings (SSSR count). The van der Waals surface area contributed by atoms with E-state index in [1.54, 1.807) is 7.11 Å². The Bertz CT molecular complexity index is 473. The Labute approximate surface area is 114 Å². The summed E-state index contributed by atoms with van der Waals surface area (Å²) in [6, 6.07) is 5.80. The summed E-state index contributed by atoms with van der Waals surface area (Å²) in [6.45, 7) is 4.13. The highest BCUT2D eigenvalue weighted by molar-refractivity contribution is 5.84. The van der Waals surface area contributed by atoms with Gasteiger partial charge in [0.05, 0.1) is 12.5 Å². The van der Waals surface area contributed by atoms with Gasteiger partial charge >= 0.3 is 5.97 Å². The van der Waals surface area contributed by atoms with Crippen LogP contribution in [0.5, 0.6) is 5.75 Å². The highest BCUT2D eigenvalue weighted by Crippen LogP contribution is 2.52. The van der Waals surface area contributed by atoms with Gasteiger partial charge in [-0.1, -0.05) is 37.5 Å². The topological polar surface area (TPSA) is 46.5 Å². The van der Waals surface area contributed by atoms with E-state index < -0.39 is 11.4 Å². The monoisotopic (exact) mass is 262 g/mol. The third kappa shape index (κ3) is 2.34. The molecule has 1 N–H and O–H groups in total. The Morgan fingerprint density at radius 1 is 1.47 bits per heavy atom. The average Bonchev–Trinajstić information content (AvgIpc) is 2.32. The molecule has 1 fully saturated rings. The van der Waals surface area contributed by atoms with E-state index in [1.165, 1.54) is 0 Å². The summed E-state index contributed by atoms with van der Waals surface area (Å²) >= 11 is 0. The first-order valence-corrected chi connectivity index (χ1v) is 6.92. The molecule has 1 aromatic rings. The minimum Gasteiger partial charge on any atom is -0.496 e. The number of aryl methyl sites for hydroxylation is 1. The SMILES string of the molecule is CCCC1CC(C(=O)O)(c2cc(C)ccc2OC)C1. The number of methoxy groups -OCH3 is 1. The van der Waals surface area contributed by atoms with E-state index in [2.05, 4.69) is 6.92 Å². The van der Waals surface area contributed by atoms with E-state index in [4.69, 9.17) is 4.74 Å². The molecule has 1 aromatic carbocycles. The Morgan fingerprint density at radius 2 is 2.16 bits per heavy atom. The maximum atomic E-state index is 11.8. The fraction of sp³-hybridized carbons (Fsp3) is 0.562. The van der Waals surface area contributed by atoms with Crippen molar-refractivity contribution in [2.75, 3.05) is 7.11 Å². The van der Waals surface area contributed by atoms with Crippen LogP contribution in [0.2, 0.25) is 0 Å². The molecule has 0 bridgehead atoms. The van der Waals surface area contributed by atoms with Crippen molar-refractivity contribution in [2.45, 2.75) is 44.9 Å². The van der Waals surface area contributed by atoms with Crippen LogP contribution in [0.1, 0.15) is 43.7 Å². The van der Waals surface area contributed by atoms with Gasteiger partial charge in [0.2, 0.25) is 0 Å². The molecule has 3 heteroatoms. The third-order valence-corrected chi connectivity index (χ3v) is 4.25. The van der Waals surface area contributed by atoms with Crippen LogP contribution in [0.25, 0.3) is 0 Å². The highest BCUT2D eigenvalue weighted by Gasteiger charge is 2.52. The van der Waals surface area contributed by atoms with Gasteiger partial charge in [-0.25, -0.2) is 0 Å². The van der Waals surface area contributed by atoms with Crippen LogP contribution >= 0.6 is 0 Å². The Balaban J connectivity index is 2.36. The molecule has 104 valence electrons. The van der Waals surface area contributed by atoms with Crippen molar-refractivity contribution >= 4 is 5.97 Å². The van der Waals surface area contributed by atoms with Gasteiger partial charge in [-0.3, -0.25) is 4.79 Å². The number of carbonyl (C=O) groups is 1. The van der Waals surface area contributed by atoms with Crippen LogP contribution in [-0.4, -0.2) is 18.2 Å². The summed E-state index contributed by atoms with van der Waals surface area (Å²) in [6.07, 6.45) is 3.69. The first-order chi connectivity index (χ1) is 9.03. The number of aliphatic carboxylic acids is 1. The molecule has 0 saturated heterocycles. The molecule has 0 spiro atoms. The quantitative estimate of drug-likeness (QED) is 0.883. The predicted molar refractivity (Wildman–Crippen MR) is 74.7 cm³/mol. The second-order valence-electron chi connectivity index (χ2n) is 5.65. The van der Waals surface area contributed by atoms with Crippen molar-refractivity contribution in [2.24, 2.45) is 5.92 Å². The summed E-state index contributed by atoms with van der Waals surface area (Å²) in [4.78, 5) is 11.8. The van der Waals surface area contributed by atoms with Crippen LogP contribution in [0.4, 0.5) is 0 Å². The number of ether oxygens (including phenoxy) is 1. The van der Waals surface area contributed by atoms with Crippen LogP contribution < -0.4 is 4.74 Å². The normalized spacial score (nSPS) is 25.7. The van der Waals surface area contributed by atoms with E-state index >= 15 is 0 Å². The van der Waals surface area contributed by atoms with Crippen molar-refractivity contribution < 1.29 is 14.6 Å². The second kappa shape index (κ2) is 5.24. The minimum absolute atomic E-state index is 0.534. The number of hydrogen-bond donors (Lipinski definition) is 1. The smallest absolute Gasteiger partial charge is 0.314 e. The predicted octanol–water partition coefficient (Wildman–Crippen LogP) is 3.54. The average molecular weight is 262 g/mol. The molecular weight excluding hydrogens is 240 g/mol. The van der Waals surface area contributed by atoms with Gasteiger partial charge < -0.3 is 9.84 Å². The summed E-state index contributed by atoms with van der Waals surface area (Å²) in [5.74, 6) is 0.512. The summed E-state index contributed by atoms with van der Waals surface area (Å²) < 4.78 is 5.36. The van der Waals surface area contributed by atoms with E-state index in [0.29, 0.717) is 11.7 Å². The van der Waals surface area contributed by atoms with Gasteiger partial charge in [-0.15, -0.1) is 0 Å². The van der Waals surface area contributed by atoms with Gasteiger partial charge in [-0.2, -0.15) is 0 Å². The van der Waals surface area contributed by atoms with Gasteiger partial charge in [0.15, 0.2) is 0 Å². The fourth-order valence-electron chi connectivity index (χ4n) is 3.24. The number of rotatable bonds is 5. The summed E-state index contributed by atoms with van der Waals surface area (Å²) in [5, 5.41) is 9.68. The maximum Gasteiger partial charge on any atom is 0.314 e. The van der Waals surface area contributed by atoms with Crippen molar-refractivity contribution in [3.63, 3.8) is 0 Å². The molecule has 0 aliphatic heterocycles. The zero-order valence-corrected chi connectivity index (χ0v) is 11.9.